The molecule has 1 amide bonds. The molecular formula is C11H12BrNO3S2. The third-order valence-corrected chi connectivity index (χ3v) is 5.99. The molecule has 0 aliphatic carbocycles. The summed E-state index contributed by atoms with van der Waals surface area (Å²) in [5.74, 6) is -0.281. The van der Waals surface area contributed by atoms with Crippen LogP contribution < -0.4 is 0 Å². The van der Waals surface area contributed by atoms with Crippen molar-refractivity contribution in [2.24, 2.45) is 0 Å². The molecule has 1 aromatic carbocycles. The Morgan fingerprint density at radius 1 is 1.39 bits per heavy atom. The van der Waals surface area contributed by atoms with Crippen molar-refractivity contribution in [3.8, 4) is 0 Å². The largest absolute Gasteiger partial charge is 0.269 e. The Morgan fingerprint density at radius 3 is 2.67 bits per heavy atom. The molecule has 1 heterocycles. The average Bonchev–Trinajstić information content (AvgIpc) is 2.45. The Bertz CT molecular complexity index is 598. The maximum absolute atomic E-state index is 12.2. The first-order valence-electron chi connectivity index (χ1n) is 5.32. The maximum atomic E-state index is 12.2. The van der Waals surface area contributed by atoms with Crippen molar-refractivity contribution in [1.29, 1.82) is 0 Å². The lowest BCUT2D eigenvalue weighted by Crippen LogP contribution is -2.30. The van der Waals surface area contributed by atoms with Crippen LogP contribution in [-0.4, -0.2) is 29.8 Å². The van der Waals surface area contributed by atoms with E-state index in [1.807, 2.05) is 13.8 Å². The van der Waals surface area contributed by atoms with Gasteiger partial charge in [0.25, 0.3) is 15.9 Å². The maximum Gasteiger partial charge on any atom is 0.269 e. The minimum absolute atomic E-state index is 0.0891. The summed E-state index contributed by atoms with van der Waals surface area (Å²) in [5.41, 5.74) is 0.252. The van der Waals surface area contributed by atoms with Crippen molar-refractivity contribution < 1.29 is 13.2 Å². The molecule has 0 spiro atoms. The average molecular weight is 350 g/mol. The Hall–Kier alpha value is -0.530. The molecule has 0 saturated heterocycles. The van der Waals surface area contributed by atoms with Crippen molar-refractivity contribution in [2.75, 3.05) is 5.88 Å². The van der Waals surface area contributed by atoms with Crippen LogP contribution in [0.1, 0.15) is 24.2 Å². The molecular weight excluding hydrogens is 338 g/mol. The fraction of sp³-hybridized carbons (Fsp3) is 0.364. The van der Waals surface area contributed by atoms with Gasteiger partial charge in [-0.1, -0.05) is 29.8 Å². The van der Waals surface area contributed by atoms with Crippen LogP contribution in [0.5, 0.6) is 0 Å². The first-order chi connectivity index (χ1) is 8.34. The topological polar surface area (TPSA) is 54.5 Å². The molecule has 0 bridgehead atoms. The number of halogens is 1. The van der Waals surface area contributed by atoms with E-state index in [4.69, 9.17) is 0 Å². The summed E-state index contributed by atoms with van der Waals surface area (Å²) in [6.07, 6.45) is 0. The second kappa shape index (κ2) is 4.86. The Labute approximate surface area is 119 Å². The molecule has 0 N–H and O–H groups in total. The fourth-order valence-electron chi connectivity index (χ4n) is 1.59. The summed E-state index contributed by atoms with van der Waals surface area (Å²) in [7, 11) is -3.68. The van der Waals surface area contributed by atoms with Crippen molar-refractivity contribution >= 4 is 43.6 Å². The van der Waals surface area contributed by atoms with E-state index >= 15 is 0 Å². The second-order valence-electron chi connectivity index (χ2n) is 4.14. The molecule has 2 rings (SSSR count). The van der Waals surface area contributed by atoms with E-state index in [0.29, 0.717) is 4.47 Å². The van der Waals surface area contributed by atoms with Crippen molar-refractivity contribution in [2.45, 2.75) is 24.0 Å². The van der Waals surface area contributed by atoms with Crippen LogP contribution in [0.4, 0.5) is 0 Å². The van der Waals surface area contributed by atoms with Crippen LogP contribution in [0.2, 0.25) is 0 Å². The Balaban J connectivity index is 2.42. The third kappa shape index (κ3) is 2.31. The van der Waals surface area contributed by atoms with Gasteiger partial charge in [0.2, 0.25) is 0 Å². The number of carbonyl (C=O) groups is 1. The van der Waals surface area contributed by atoms with Gasteiger partial charge in [-0.3, -0.25) is 4.79 Å². The first kappa shape index (κ1) is 13.9. The number of sulfonamides is 1. The predicted octanol–water partition coefficient (Wildman–Crippen LogP) is 2.69. The van der Waals surface area contributed by atoms with E-state index in [-0.39, 0.29) is 21.6 Å². The van der Waals surface area contributed by atoms with Crippen molar-refractivity contribution in [1.82, 2.24) is 4.31 Å². The van der Waals surface area contributed by atoms with Crippen LogP contribution in [0.25, 0.3) is 0 Å². The van der Waals surface area contributed by atoms with Crippen LogP contribution in [0.3, 0.4) is 0 Å². The highest BCUT2D eigenvalue weighted by molar-refractivity contribution is 9.10. The highest BCUT2D eigenvalue weighted by Crippen LogP contribution is 2.33. The summed E-state index contributed by atoms with van der Waals surface area (Å²) in [4.78, 5) is 12.1. The first-order valence-corrected chi connectivity index (χ1v) is 8.60. The van der Waals surface area contributed by atoms with Gasteiger partial charge in [0, 0.05) is 9.72 Å². The highest BCUT2D eigenvalue weighted by atomic mass is 79.9. The van der Waals surface area contributed by atoms with Gasteiger partial charge < -0.3 is 0 Å². The summed E-state index contributed by atoms with van der Waals surface area (Å²) in [6, 6.07) is 4.69. The molecule has 4 nitrogen and oxygen atoms in total. The number of rotatable bonds is 3. The number of benzene rings is 1. The number of hydrogen-bond donors (Lipinski definition) is 0. The monoisotopic (exact) mass is 349 g/mol. The van der Waals surface area contributed by atoms with Gasteiger partial charge in [0.15, 0.2) is 0 Å². The van der Waals surface area contributed by atoms with E-state index in [2.05, 4.69) is 15.9 Å². The smallest absolute Gasteiger partial charge is 0.268 e. The number of carbonyl (C=O) groups excluding carboxylic acids is 1. The SMILES string of the molecule is CC(C)SCN1C(=O)c2ccc(Br)cc2S1(=O)=O. The van der Waals surface area contributed by atoms with Gasteiger partial charge in [0.1, 0.15) is 4.90 Å². The summed E-state index contributed by atoms with van der Waals surface area (Å²) >= 11 is 4.64. The number of hydrogen-bond acceptors (Lipinski definition) is 4. The molecule has 0 unspecified atom stereocenters. The molecule has 7 heteroatoms. The Kier molecular flexibility index (Phi) is 3.75. The van der Waals surface area contributed by atoms with Crippen molar-refractivity contribution in [3.63, 3.8) is 0 Å². The van der Waals surface area contributed by atoms with Gasteiger partial charge in [-0.15, -0.1) is 11.8 Å². The number of nitrogens with zero attached hydrogens (tertiary/aromatic N) is 1. The van der Waals surface area contributed by atoms with E-state index in [9.17, 15) is 13.2 Å². The standard InChI is InChI=1S/C11H12BrNO3S2/c1-7(2)17-6-13-11(14)9-4-3-8(12)5-10(9)18(13,15)16/h3-5,7H,6H2,1-2H3. The van der Waals surface area contributed by atoms with Crippen LogP contribution >= 0.6 is 27.7 Å². The quantitative estimate of drug-likeness (QED) is 0.841. The van der Waals surface area contributed by atoms with Crippen LogP contribution in [0.15, 0.2) is 27.6 Å². The summed E-state index contributed by atoms with van der Waals surface area (Å²) in [6.45, 7) is 3.92. The highest BCUT2D eigenvalue weighted by Gasteiger charge is 2.41. The summed E-state index contributed by atoms with van der Waals surface area (Å²) < 4.78 is 26.0. The molecule has 1 aliphatic heterocycles. The Morgan fingerprint density at radius 2 is 2.06 bits per heavy atom. The zero-order chi connectivity index (χ0) is 13.5. The van der Waals surface area contributed by atoms with Crippen molar-refractivity contribution in [3.05, 3.63) is 28.2 Å². The van der Waals surface area contributed by atoms with Gasteiger partial charge in [0.05, 0.1) is 11.4 Å². The number of thioether (sulfide) groups is 1. The third-order valence-electron chi connectivity index (χ3n) is 2.49. The predicted molar refractivity (Wildman–Crippen MR) is 75.1 cm³/mol. The zero-order valence-electron chi connectivity index (χ0n) is 9.88. The second-order valence-corrected chi connectivity index (χ2v) is 8.42. The minimum atomic E-state index is -3.68. The van der Waals surface area contributed by atoms with Crippen LogP contribution in [0, 0.1) is 0 Å². The molecule has 1 aromatic rings. The zero-order valence-corrected chi connectivity index (χ0v) is 13.1. The van der Waals surface area contributed by atoms with E-state index < -0.39 is 15.9 Å². The molecule has 0 radical (unpaired) electrons. The summed E-state index contributed by atoms with van der Waals surface area (Å²) in [5, 5.41) is 0.267. The lowest BCUT2D eigenvalue weighted by molar-refractivity contribution is 0.0887. The van der Waals surface area contributed by atoms with Gasteiger partial charge in [-0.05, 0) is 18.2 Å². The van der Waals surface area contributed by atoms with E-state index in [1.165, 1.54) is 17.8 Å². The van der Waals surface area contributed by atoms with Gasteiger partial charge in [-0.25, -0.2) is 12.7 Å². The molecule has 1 aliphatic rings. The molecule has 0 saturated carbocycles. The normalized spacial score (nSPS) is 17.3. The van der Waals surface area contributed by atoms with E-state index in [0.717, 1.165) is 4.31 Å². The van der Waals surface area contributed by atoms with E-state index in [1.54, 1.807) is 12.1 Å². The number of fused-ring (bicyclic) bond motifs is 1. The molecule has 0 aromatic heterocycles. The number of amides is 1. The van der Waals surface area contributed by atoms with Crippen LogP contribution in [-0.2, 0) is 10.0 Å². The molecule has 0 atom stereocenters. The molecule has 98 valence electrons. The van der Waals surface area contributed by atoms with Gasteiger partial charge in [-0.2, -0.15) is 0 Å². The lowest BCUT2D eigenvalue weighted by Gasteiger charge is -2.15. The minimum Gasteiger partial charge on any atom is -0.268 e. The molecule has 0 fully saturated rings. The fourth-order valence-corrected chi connectivity index (χ4v) is 4.66. The van der Waals surface area contributed by atoms with Gasteiger partial charge >= 0.3 is 0 Å². The lowest BCUT2D eigenvalue weighted by atomic mass is 10.2. The molecule has 18 heavy (non-hydrogen) atoms.